The monoisotopic (exact) mass is 488 g/mol. The predicted octanol–water partition coefficient (Wildman–Crippen LogP) is 7.81. The number of unbranched alkanes of at least 4 members (excludes halogenated alkanes) is 1. The fourth-order valence-corrected chi connectivity index (χ4v) is 3.54. The summed E-state index contributed by atoms with van der Waals surface area (Å²) >= 11 is 0. The maximum atomic E-state index is 13.0. The minimum Gasteiger partial charge on any atom is -0.340 e. The lowest BCUT2D eigenvalue weighted by Crippen LogP contribution is -2.23. The fraction of sp³-hybridized carbons (Fsp3) is 0.321. The van der Waals surface area contributed by atoms with Gasteiger partial charge >= 0.3 is 6.18 Å². The molecule has 3 aromatic rings. The van der Waals surface area contributed by atoms with Crippen LogP contribution in [0.1, 0.15) is 54.5 Å². The summed E-state index contributed by atoms with van der Waals surface area (Å²) in [6.45, 7) is 10.2. The number of aryl methyl sites for hydroxylation is 3. The fourth-order valence-electron chi connectivity index (χ4n) is 3.54. The van der Waals surface area contributed by atoms with Crippen LogP contribution in [-0.2, 0) is 6.18 Å². The number of rotatable bonds is 6. The van der Waals surface area contributed by atoms with Gasteiger partial charge in [-0.2, -0.15) is 13.2 Å². The predicted molar refractivity (Wildman–Crippen MR) is 135 cm³/mol. The SMILES string of the molecule is CCCC=C(c1ccc(C(F)(F)F)cc1C)N(CC)c1ccc(=O)[nH]c1.Cc1ccc(F)cc1C. The first-order valence-electron chi connectivity index (χ1n) is 11.5. The number of hydrogen-bond donors (Lipinski definition) is 1. The summed E-state index contributed by atoms with van der Waals surface area (Å²) in [5, 5.41) is 0. The molecular weight excluding hydrogens is 456 g/mol. The highest BCUT2D eigenvalue weighted by molar-refractivity contribution is 5.80. The molecule has 3 rings (SSSR count). The Hall–Kier alpha value is -3.35. The van der Waals surface area contributed by atoms with Crippen LogP contribution in [0.4, 0.5) is 23.2 Å². The first kappa shape index (κ1) is 27.9. The molecule has 0 fully saturated rings. The zero-order valence-electron chi connectivity index (χ0n) is 20.8. The van der Waals surface area contributed by atoms with E-state index in [0.29, 0.717) is 12.1 Å². The van der Waals surface area contributed by atoms with Gasteiger partial charge in [-0.25, -0.2) is 4.39 Å². The Morgan fingerprint density at radius 3 is 2.14 bits per heavy atom. The molecule has 0 aliphatic heterocycles. The van der Waals surface area contributed by atoms with Crippen molar-refractivity contribution in [2.24, 2.45) is 0 Å². The number of alkyl halides is 3. The number of allylic oxidation sites excluding steroid dienone is 1. The van der Waals surface area contributed by atoms with Crippen molar-refractivity contribution in [2.75, 3.05) is 11.4 Å². The number of pyridine rings is 1. The Morgan fingerprint density at radius 1 is 0.943 bits per heavy atom. The highest BCUT2D eigenvalue weighted by atomic mass is 19.4. The zero-order valence-corrected chi connectivity index (χ0v) is 20.8. The summed E-state index contributed by atoms with van der Waals surface area (Å²) in [4.78, 5) is 16.0. The van der Waals surface area contributed by atoms with Crippen LogP contribution in [0.25, 0.3) is 5.70 Å². The lowest BCUT2D eigenvalue weighted by molar-refractivity contribution is -0.137. The Kier molecular flexibility index (Phi) is 9.87. The summed E-state index contributed by atoms with van der Waals surface area (Å²) in [6.07, 6.45) is 1.01. The molecule has 2 aromatic carbocycles. The highest BCUT2D eigenvalue weighted by Gasteiger charge is 2.31. The molecule has 0 spiro atoms. The summed E-state index contributed by atoms with van der Waals surface area (Å²) < 4.78 is 51.3. The lowest BCUT2D eigenvalue weighted by Gasteiger charge is -2.28. The molecule has 0 saturated carbocycles. The van der Waals surface area contributed by atoms with Crippen LogP contribution in [0.2, 0.25) is 0 Å². The van der Waals surface area contributed by atoms with E-state index in [1.54, 1.807) is 25.3 Å². The maximum Gasteiger partial charge on any atom is 0.416 e. The van der Waals surface area contributed by atoms with E-state index < -0.39 is 11.7 Å². The second-order valence-electron chi connectivity index (χ2n) is 8.29. The second-order valence-corrected chi connectivity index (χ2v) is 8.29. The van der Waals surface area contributed by atoms with Crippen LogP contribution in [0.15, 0.2) is 65.6 Å². The molecule has 0 aliphatic rings. The van der Waals surface area contributed by atoms with Crippen LogP contribution >= 0.6 is 0 Å². The molecular formula is C28H32F4N2O. The number of halogens is 4. The van der Waals surface area contributed by atoms with Crippen LogP contribution in [0.3, 0.4) is 0 Å². The molecule has 0 bridgehead atoms. The number of anilines is 1. The molecule has 0 saturated heterocycles. The van der Waals surface area contributed by atoms with Crippen LogP contribution in [-0.4, -0.2) is 11.5 Å². The Labute approximate surface area is 204 Å². The molecule has 7 heteroatoms. The zero-order chi connectivity index (χ0) is 26.2. The topological polar surface area (TPSA) is 36.1 Å². The minimum absolute atomic E-state index is 0.155. The third kappa shape index (κ3) is 7.84. The first-order chi connectivity index (χ1) is 16.5. The Balaban J connectivity index is 0.000000402. The maximum absolute atomic E-state index is 13.0. The molecule has 188 valence electrons. The minimum atomic E-state index is -4.36. The number of hydrogen-bond acceptors (Lipinski definition) is 2. The molecule has 0 aliphatic carbocycles. The van der Waals surface area contributed by atoms with Crippen LogP contribution < -0.4 is 10.5 Å². The molecule has 1 N–H and O–H groups in total. The highest BCUT2D eigenvalue weighted by Crippen LogP contribution is 2.34. The van der Waals surface area contributed by atoms with Gasteiger partial charge in [0.05, 0.1) is 11.3 Å². The normalized spacial score (nSPS) is 11.6. The van der Waals surface area contributed by atoms with Crippen molar-refractivity contribution in [1.29, 1.82) is 0 Å². The van der Waals surface area contributed by atoms with Gasteiger partial charge in [-0.05, 0) is 81.1 Å². The average molecular weight is 489 g/mol. The number of nitrogens with one attached hydrogen (secondary N) is 1. The quantitative estimate of drug-likeness (QED) is 0.359. The van der Waals surface area contributed by atoms with Crippen LogP contribution in [0.5, 0.6) is 0 Å². The first-order valence-corrected chi connectivity index (χ1v) is 11.5. The van der Waals surface area contributed by atoms with E-state index in [1.807, 2.05) is 38.7 Å². The van der Waals surface area contributed by atoms with Crippen molar-refractivity contribution >= 4 is 11.4 Å². The molecule has 0 amide bonds. The van der Waals surface area contributed by atoms with Gasteiger partial charge in [-0.15, -0.1) is 0 Å². The van der Waals surface area contributed by atoms with Crippen molar-refractivity contribution in [1.82, 2.24) is 4.98 Å². The number of nitrogens with zero attached hydrogens (tertiary/aromatic N) is 1. The summed E-state index contributed by atoms with van der Waals surface area (Å²) in [5.41, 5.74) is 4.23. The summed E-state index contributed by atoms with van der Waals surface area (Å²) in [5.74, 6) is -0.155. The molecule has 35 heavy (non-hydrogen) atoms. The molecule has 1 aromatic heterocycles. The van der Waals surface area contributed by atoms with E-state index >= 15 is 0 Å². The Morgan fingerprint density at radius 2 is 1.66 bits per heavy atom. The van der Waals surface area contributed by atoms with E-state index in [9.17, 15) is 22.4 Å². The van der Waals surface area contributed by atoms with E-state index in [-0.39, 0.29) is 11.4 Å². The third-order valence-electron chi connectivity index (χ3n) is 5.61. The second kappa shape index (κ2) is 12.4. The van der Waals surface area contributed by atoms with E-state index in [2.05, 4.69) is 4.98 Å². The van der Waals surface area contributed by atoms with E-state index in [1.165, 1.54) is 30.3 Å². The number of H-pyrrole nitrogens is 1. The Bertz CT molecular complexity index is 1190. The third-order valence-corrected chi connectivity index (χ3v) is 5.61. The van der Waals surface area contributed by atoms with Gasteiger partial charge in [0.15, 0.2) is 0 Å². The van der Waals surface area contributed by atoms with Crippen molar-refractivity contribution in [2.45, 2.75) is 53.6 Å². The van der Waals surface area contributed by atoms with Gasteiger partial charge in [0.25, 0.3) is 0 Å². The van der Waals surface area contributed by atoms with Crippen LogP contribution in [0, 0.1) is 26.6 Å². The van der Waals surface area contributed by atoms with Gasteiger partial charge < -0.3 is 9.88 Å². The van der Waals surface area contributed by atoms with E-state index in [0.717, 1.165) is 47.0 Å². The molecule has 3 nitrogen and oxygen atoms in total. The largest absolute Gasteiger partial charge is 0.416 e. The number of aromatic amines is 1. The molecule has 1 heterocycles. The average Bonchev–Trinajstić information content (AvgIpc) is 2.80. The van der Waals surface area contributed by atoms with Crippen molar-refractivity contribution in [3.05, 3.63) is 105 Å². The van der Waals surface area contributed by atoms with E-state index in [4.69, 9.17) is 0 Å². The lowest BCUT2D eigenvalue weighted by atomic mass is 10.00. The molecule has 0 radical (unpaired) electrons. The number of aromatic nitrogens is 1. The van der Waals surface area contributed by atoms with Crippen molar-refractivity contribution in [3.63, 3.8) is 0 Å². The van der Waals surface area contributed by atoms with Gasteiger partial charge in [0, 0.05) is 30.1 Å². The van der Waals surface area contributed by atoms with Crippen molar-refractivity contribution < 1.29 is 17.6 Å². The number of benzene rings is 2. The smallest absolute Gasteiger partial charge is 0.340 e. The van der Waals surface area contributed by atoms with Gasteiger partial charge in [-0.1, -0.05) is 31.6 Å². The summed E-state index contributed by atoms with van der Waals surface area (Å²) in [7, 11) is 0. The molecule has 0 unspecified atom stereocenters. The van der Waals surface area contributed by atoms with Gasteiger partial charge in [0.1, 0.15) is 5.82 Å². The standard InChI is InChI=1S/C20H23F3N2O.C8H9F/c1-4-6-7-18(25(5-2)16-9-11-19(26)24-13-16)17-10-8-15(12-14(17)3)20(21,22)23;1-6-3-4-8(9)5-7(6)2/h7-13H,4-6H2,1-3H3,(H,24,26);3-5H,1-2H3. The van der Waals surface area contributed by atoms with Gasteiger partial charge in [-0.3, -0.25) is 4.79 Å². The van der Waals surface area contributed by atoms with Crippen molar-refractivity contribution in [3.8, 4) is 0 Å². The summed E-state index contributed by atoms with van der Waals surface area (Å²) in [6, 6.07) is 11.8. The molecule has 0 atom stereocenters. The van der Waals surface area contributed by atoms with Gasteiger partial charge in [0.2, 0.25) is 5.56 Å².